The Morgan fingerprint density at radius 3 is 2.61 bits per heavy atom. The van der Waals surface area contributed by atoms with Gasteiger partial charge in [-0.2, -0.15) is 5.10 Å². The van der Waals surface area contributed by atoms with Gasteiger partial charge in [0.05, 0.1) is 11.1 Å². The van der Waals surface area contributed by atoms with Crippen LogP contribution in [-0.2, 0) is 0 Å². The zero-order valence-corrected chi connectivity index (χ0v) is 10.00. The molecule has 0 aliphatic carbocycles. The van der Waals surface area contributed by atoms with Crippen molar-refractivity contribution >= 4 is 11.8 Å². The number of hydrogen-bond donors (Lipinski definition) is 0. The summed E-state index contributed by atoms with van der Waals surface area (Å²) in [5, 5.41) is 4.50. The van der Waals surface area contributed by atoms with E-state index in [0.717, 1.165) is 28.6 Å². The molecule has 3 aromatic rings. The van der Waals surface area contributed by atoms with Crippen molar-refractivity contribution in [2.45, 2.75) is 6.92 Å². The standard InChI is InChI=1S/C15H12N2O/c1-11-6-5-9-17-15(11)13(10-18)14(16-17)12-7-3-2-4-8-12/h2-10H,1H3. The minimum absolute atomic E-state index is 0.652. The summed E-state index contributed by atoms with van der Waals surface area (Å²) in [5.74, 6) is 0. The van der Waals surface area contributed by atoms with Gasteiger partial charge in [0.2, 0.25) is 0 Å². The first kappa shape index (κ1) is 10.7. The fourth-order valence-corrected chi connectivity index (χ4v) is 2.22. The number of pyridine rings is 1. The van der Waals surface area contributed by atoms with Crippen molar-refractivity contribution in [3.63, 3.8) is 0 Å². The lowest BCUT2D eigenvalue weighted by Gasteiger charge is -1.97. The van der Waals surface area contributed by atoms with Crippen LogP contribution < -0.4 is 0 Å². The van der Waals surface area contributed by atoms with Gasteiger partial charge in [0, 0.05) is 11.8 Å². The molecule has 0 amide bonds. The number of aromatic nitrogens is 2. The molecular weight excluding hydrogens is 224 g/mol. The minimum atomic E-state index is 0.652. The van der Waals surface area contributed by atoms with Crippen LogP contribution in [-0.4, -0.2) is 15.9 Å². The maximum absolute atomic E-state index is 11.4. The largest absolute Gasteiger partial charge is 0.298 e. The molecule has 0 saturated carbocycles. The van der Waals surface area contributed by atoms with E-state index in [9.17, 15) is 4.79 Å². The lowest BCUT2D eigenvalue weighted by molar-refractivity contribution is 0.112. The molecule has 2 aromatic heterocycles. The Balaban J connectivity index is 2.37. The summed E-state index contributed by atoms with van der Waals surface area (Å²) in [6.45, 7) is 1.98. The molecule has 3 nitrogen and oxygen atoms in total. The molecule has 88 valence electrons. The third-order valence-electron chi connectivity index (χ3n) is 3.06. The maximum atomic E-state index is 11.4. The van der Waals surface area contributed by atoms with Crippen LogP contribution in [0.4, 0.5) is 0 Å². The van der Waals surface area contributed by atoms with Gasteiger partial charge >= 0.3 is 0 Å². The molecule has 0 bridgehead atoms. The number of aldehydes is 1. The van der Waals surface area contributed by atoms with Crippen LogP contribution in [0.1, 0.15) is 15.9 Å². The highest BCUT2D eigenvalue weighted by atomic mass is 16.1. The molecule has 0 unspecified atom stereocenters. The topological polar surface area (TPSA) is 34.4 Å². The molecule has 0 N–H and O–H groups in total. The molecular formula is C15H12N2O. The minimum Gasteiger partial charge on any atom is -0.298 e. The monoisotopic (exact) mass is 236 g/mol. The second-order valence-corrected chi connectivity index (χ2v) is 4.23. The van der Waals surface area contributed by atoms with Crippen molar-refractivity contribution in [3.05, 3.63) is 59.8 Å². The zero-order valence-electron chi connectivity index (χ0n) is 10.00. The van der Waals surface area contributed by atoms with E-state index in [0.29, 0.717) is 5.56 Å². The molecule has 3 heteroatoms. The third-order valence-corrected chi connectivity index (χ3v) is 3.06. The van der Waals surface area contributed by atoms with Crippen molar-refractivity contribution in [2.24, 2.45) is 0 Å². The molecule has 0 fully saturated rings. The molecule has 18 heavy (non-hydrogen) atoms. The molecule has 0 aliphatic rings. The van der Waals surface area contributed by atoms with Crippen LogP contribution >= 0.6 is 0 Å². The molecule has 3 rings (SSSR count). The fraction of sp³-hybridized carbons (Fsp3) is 0.0667. The summed E-state index contributed by atoms with van der Waals surface area (Å²) in [6.07, 6.45) is 2.75. The van der Waals surface area contributed by atoms with Gasteiger partial charge in [-0.05, 0) is 18.6 Å². The van der Waals surface area contributed by atoms with Crippen molar-refractivity contribution in [2.75, 3.05) is 0 Å². The first-order chi connectivity index (χ1) is 8.81. The maximum Gasteiger partial charge on any atom is 0.154 e. The predicted octanol–water partition coefficient (Wildman–Crippen LogP) is 3.12. The molecule has 1 aromatic carbocycles. The second kappa shape index (κ2) is 4.11. The normalized spacial score (nSPS) is 10.7. The Labute approximate surface area is 105 Å². The summed E-state index contributed by atoms with van der Waals surface area (Å²) in [5.41, 5.74) is 4.28. The van der Waals surface area contributed by atoms with Crippen LogP contribution in [0.3, 0.4) is 0 Å². The van der Waals surface area contributed by atoms with Crippen LogP contribution in [0.5, 0.6) is 0 Å². The van der Waals surface area contributed by atoms with Gasteiger partial charge in [-0.25, -0.2) is 4.52 Å². The Morgan fingerprint density at radius 2 is 1.89 bits per heavy atom. The fourth-order valence-electron chi connectivity index (χ4n) is 2.22. The average molecular weight is 236 g/mol. The number of rotatable bonds is 2. The first-order valence-corrected chi connectivity index (χ1v) is 5.80. The molecule has 0 aliphatic heterocycles. The average Bonchev–Trinajstić information content (AvgIpc) is 2.79. The number of fused-ring (bicyclic) bond motifs is 1. The van der Waals surface area contributed by atoms with Crippen LogP contribution in [0.15, 0.2) is 48.7 Å². The number of benzene rings is 1. The van der Waals surface area contributed by atoms with E-state index in [4.69, 9.17) is 0 Å². The van der Waals surface area contributed by atoms with Gasteiger partial charge in [-0.3, -0.25) is 4.79 Å². The Kier molecular flexibility index (Phi) is 2.45. The Morgan fingerprint density at radius 1 is 1.11 bits per heavy atom. The summed E-state index contributed by atoms with van der Waals surface area (Å²) in [6, 6.07) is 13.7. The number of nitrogens with zero attached hydrogens (tertiary/aromatic N) is 2. The van der Waals surface area contributed by atoms with Crippen molar-refractivity contribution < 1.29 is 4.79 Å². The van der Waals surface area contributed by atoms with Crippen molar-refractivity contribution in [1.82, 2.24) is 9.61 Å². The highest BCUT2D eigenvalue weighted by Gasteiger charge is 2.14. The van der Waals surface area contributed by atoms with E-state index in [2.05, 4.69) is 5.10 Å². The van der Waals surface area contributed by atoms with Gasteiger partial charge in [-0.1, -0.05) is 36.4 Å². The zero-order chi connectivity index (χ0) is 12.5. The first-order valence-electron chi connectivity index (χ1n) is 5.80. The number of aryl methyl sites for hydroxylation is 1. The quantitative estimate of drug-likeness (QED) is 0.641. The molecule has 0 saturated heterocycles. The van der Waals surface area contributed by atoms with E-state index >= 15 is 0 Å². The van der Waals surface area contributed by atoms with E-state index in [1.54, 1.807) is 4.52 Å². The summed E-state index contributed by atoms with van der Waals surface area (Å²) < 4.78 is 1.77. The second-order valence-electron chi connectivity index (χ2n) is 4.23. The van der Waals surface area contributed by atoms with Gasteiger partial charge in [0.25, 0.3) is 0 Å². The van der Waals surface area contributed by atoms with E-state index in [1.807, 2.05) is 55.6 Å². The van der Waals surface area contributed by atoms with Gasteiger partial charge in [-0.15, -0.1) is 0 Å². The van der Waals surface area contributed by atoms with Crippen LogP contribution in [0, 0.1) is 6.92 Å². The van der Waals surface area contributed by atoms with Crippen molar-refractivity contribution in [1.29, 1.82) is 0 Å². The van der Waals surface area contributed by atoms with E-state index in [-0.39, 0.29) is 0 Å². The number of hydrogen-bond acceptors (Lipinski definition) is 2. The molecule has 2 heterocycles. The summed E-state index contributed by atoms with van der Waals surface area (Å²) >= 11 is 0. The lowest BCUT2D eigenvalue weighted by Crippen LogP contribution is -1.88. The lowest BCUT2D eigenvalue weighted by atomic mass is 10.1. The Hall–Kier alpha value is -2.42. The Bertz CT molecular complexity index is 714. The highest BCUT2D eigenvalue weighted by Crippen LogP contribution is 2.26. The van der Waals surface area contributed by atoms with Gasteiger partial charge < -0.3 is 0 Å². The highest BCUT2D eigenvalue weighted by molar-refractivity contribution is 5.95. The molecule has 0 spiro atoms. The van der Waals surface area contributed by atoms with E-state index in [1.165, 1.54) is 0 Å². The van der Waals surface area contributed by atoms with E-state index < -0.39 is 0 Å². The van der Waals surface area contributed by atoms with Crippen molar-refractivity contribution in [3.8, 4) is 11.3 Å². The predicted molar refractivity (Wildman–Crippen MR) is 70.8 cm³/mol. The smallest absolute Gasteiger partial charge is 0.154 e. The molecule has 0 atom stereocenters. The van der Waals surface area contributed by atoms with Crippen LogP contribution in [0.25, 0.3) is 16.8 Å². The number of carbonyl (C=O) groups is 1. The SMILES string of the molecule is Cc1cccn2nc(-c3ccccc3)c(C=O)c12. The summed E-state index contributed by atoms with van der Waals surface area (Å²) in [7, 11) is 0. The van der Waals surface area contributed by atoms with Gasteiger partial charge in [0.1, 0.15) is 5.69 Å². The van der Waals surface area contributed by atoms with Crippen LogP contribution in [0.2, 0.25) is 0 Å². The third kappa shape index (κ3) is 1.52. The number of carbonyl (C=O) groups excluding carboxylic acids is 1. The summed E-state index contributed by atoms with van der Waals surface area (Å²) in [4.78, 5) is 11.4. The van der Waals surface area contributed by atoms with Gasteiger partial charge in [0.15, 0.2) is 6.29 Å². The molecule has 0 radical (unpaired) electrons.